The van der Waals surface area contributed by atoms with Crippen LogP contribution in [-0.4, -0.2) is 42.1 Å². The first-order valence-electron chi connectivity index (χ1n) is 5.33. The average Bonchev–Trinajstić information content (AvgIpc) is 2.29. The number of rotatable bonds is 6. The van der Waals surface area contributed by atoms with Gasteiger partial charge in [-0.3, -0.25) is 0 Å². The van der Waals surface area contributed by atoms with Crippen molar-refractivity contribution in [3.05, 3.63) is 18.1 Å². The van der Waals surface area contributed by atoms with Crippen LogP contribution in [0.4, 0.5) is 5.82 Å². The van der Waals surface area contributed by atoms with Crippen LogP contribution in [0, 0.1) is 11.3 Å². The van der Waals surface area contributed by atoms with Gasteiger partial charge >= 0.3 is 0 Å². The van der Waals surface area contributed by atoms with Gasteiger partial charge in [0.15, 0.2) is 11.5 Å². The molecule has 0 saturated heterocycles. The summed E-state index contributed by atoms with van der Waals surface area (Å²) in [6.07, 6.45) is 5.29. The molecule has 0 aromatic carbocycles. The van der Waals surface area contributed by atoms with E-state index in [2.05, 4.69) is 34.3 Å². The van der Waals surface area contributed by atoms with Gasteiger partial charge in [-0.1, -0.05) is 0 Å². The Morgan fingerprint density at radius 2 is 2.06 bits per heavy atom. The summed E-state index contributed by atoms with van der Waals surface area (Å²) in [4.78, 5) is 10.2. The van der Waals surface area contributed by atoms with Gasteiger partial charge in [-0.2, -0.15) is 5.26 Å². The van der Waals surface area contributed by atoms with Crippen molar-refractivity contribution in [2.45, 2.75) is 12.8 Å². The summed E-state index contributed by atoms with van der Waals surface area (Å²) in [5, 5.41) is 11.9. The second-order valence-electron chi connectivity index (χ2n) is 3.80. The van der Waals surface area contributed by atoms with Crippen molar-refractivity contribution in [2.75, 3.05) is 32.5 Å². The highest BCUT2D eigenvalue weighted by Crippen LogP contribution is 2.06. The number of unbranched alkanes of at least 4 members (excludes halogenated alkanes) is 1. The zero-order valence-electron chi connectivity index (χ0n) is 9.77. The number of nitriles is 1. The van der Waals surface area contributed by atoms with E-state index in [0.29, 0.717) is 11.5 Å². The van der Waals surface area contributed by atoms with Crippen molar-refractivity contribution in [1.82, 2.24) is 14.9 Å². The average molecular weight is 219 g/mol. The Kier molecular flexibility index (Phi) is 5.23. The molecule has 0 spiro atoms. The van der Waals surface area contributed by atoms with E-state index in [9.17, 15) is 0 Å². The number of hydrogen-bond donors (Lipinski definition) is 1. The maximum atomic E-state index is 8.79. The number of anilines is 1. The molecule has 0 saturated carbocycles. The second kappa shape index (κ2) is 6.75. The zero-order valence-corrected chi connectivity index (χ0v) is 9.77. The summed E-state index contributed by atoms with van der Waals surface area (Å²) in [5.41, 5.74) is 0.357. The van der Waals surface area contributed by atoms with Gasteiger partial charge in [0.05, 0.1) is 0 Å². The van der Waals surface area contributed by atoms with E-state index in [4.69, 9.17) is 5.26 Å². The van der Waals surface area contributed by atoms with E-state index in [-0.39, 0.29) is 0 Å². The van der Waals surface area contributed by atoms with Gasteiger partial charge in [-0.25, -0.2) is 9.97 Å². The molecule has 0 radical (unpaired) electrons. The van der Waals surface area contributed by atoms with Gasteiger partial charge in [-0.05, 0) is 33.5 Å². The third-order valence-electron chi connectivity index (χ3n) is 2.13. The van der Waals surface area contributed by atoms with E-state index in [1.165, 1.54) is 6.20 Å². The molecule has 0 amide bonds. The highest BCUT2D eigenvalue weighted by Gasteiger charge is 2.02. The standard InChI is InChI=1S/C11H17N5/c1-16(2)8-4-3-5-14-11-10(9-12)13-6-7-15-11/h6-7H,3-5,8H2,1-2H3,(H,14,15). The van der Waals surface area contributed by atoms with Crippen LogP contribution in [0.5, 0.6) is 0 Å². The van der Waals surface area contributed by atoms with Crippen molar-refractivity contribution in [2.24, 2.45) is 0 Å². The van der Waals surface area contributed by atoms with Crippen molar-refractivity contribution < 1.29 is 0 Å². The van der Waals surface area contributed by atoms with Gasteiger partial charge in [-0.15, -0.1) is 0 Å². The van der Waals surface area contributed by atoms with Crippen molar-refractivity contribution in [3.63, 3.8) is 0 Å². The number of aromatic nitrogens is 2. The van der Waals surface area contributed by atoms with Crippen LogP contribution in [-0.2, 0) is 0 Å². The summed E-state index contributed by atoms with van der Waals surface area (Å²) >= 11 is 0. The fourth-order valence-corrected chi connectivity index (χ4v) is 1.31. The first-order chi connectivity index (χ1) is 7.74. The molecule has 1 heterocycles. The summed E-state index contributed by atoms with van der Waals surface area (Å²) in [6.45, 7) is 1.90. The van der Waals surface area contributed by atoms with Crippen LogP contribution in [0.2, 0.25) is 0 Å². The lowest BCUT2D eigenvalue weighted by Gasteiger charge is -2.09. The Morgan fingerprint density at radius 1 is 1.31 bits per heavy atom. The Labute approximate surface area is 96.1 Å². The Balaban J connectivity index is 2.30. The van der Waals surface area contributed by atoms with Gasteiger partial charge in [0.25, 0.3) is 0 Å². The van der Waals surface area contributed by atoms with Gasteiger partial charge < -0.3 is 10.2 Å². The SMILES string of the molecule is CN(C)CCCCNc1nccnc1C#N. The highest BCUT2D eigenvalue weighted by molar-refractivity contribution is 5.46. The van der Waals surface area contributed by atoms with E-state index in [0.717, 1.165) is 25.9 Å². The minimum atomic E-state index is 0.357. The summed E-state index contributed by atoms with van der Waals surface area (Å²) < 4.78 is 0. The first-order valence-corrected chi connectivity index (χ1v) is 5.33. The third-order valence-corrected chi connectivity index (χ3v) is 2.13. The monoisotopic (exact) mass is 219 g/mol. The maximum absolute atomic E-state index is 8.79. The molecule has 1 aromatic rings. The molecule has 16 heavy (non-hydrogen) atoms. The highest BCUT2D eigenvalue weighted by atomic mass is 15.0. The topological polar surface area (TPSA) is 64.8 Å². The van der Waals surface area contributed by atoms with Crippen LogP contribution in [0.25, 0.3) is 0 Å². The molecule has 0 bridgehead atoms. The smallest absolute Gasteiger partial charge is 0.182 e. The normalized spacial score (nSPS) is 10.1. The Bertz CT molecular complexity index is 356. The van der Waals surface area contributed by atoms with E-state index < -0.39 is 0 Å². The Hall–Kier alpha value is -1.67. The van der Waals surface area contributed by atoms with Gasteiger partial charge in [0.1, 0.15) is 6.07 Å². The van der Waals surface area contributed by atoms with Gasteiger partial charge in [0.2, 0.25) is 0 Å². The van der Waals surface area contributed by atoms with E-state index in [1.807, 2.05) is 6.07 Å². The molecule has 1 N–H and O–H groups in total. The minimum Gasteiger partial charge on any atom is -0.368 e. The molecule has 1 aromatic heterocycles. The fraction of sp³-hybridized carbons (Fsp3) is 0.545. The number of nitrogens with zero attached hydrogens (tertiary/aromatic N) is 4. The van der Waals surface area contributed by atoms with Crippen LogP contribution >= 0.6 is 0 Å². The zero-order chi connectivity index (χ0) is 11.8. The van der Waals surface area contributed by atoms with Crippen LogP contribution < -0.4 is 5.32 Å². The predicted octanol–water partition coefficient (Wildman–Crippen LogP) is 1.10. The minimum absolute atomic E-state index is 0.357. The summed E-state index contributed by atoms with van der Waals surface area (Å²) in [6, 6.07) is 2.01. The Morgan fingerprint density at radius 3 is 2.75 bits per heavy atom. The van der Waals surface area contributed by atoms with E-state index >= 15 is 0 Å². The van der Waals surface area contributed by atoms with Crippen molar-refractivity contribution >= 4 is 5.82 Å². The number of hydrogen-bond acceptors (Lipinski definition) is 5. The van der Waals surface area contributed by atoms with Crippen molar-refractivity contribution in [3.8, 4) is 6.07 Å². The predicted molar refractivity (Wildman–Crippen MR) is 63.0 cm³/mol. The van der Waals surface area contributed by atoms with Crippen LogP contribution in [0.15, 0.2) is 12.4 Å². The van der Waals surface area contributed by atoms with Crippen molar-refractivity contribution in [1.29, 1.82) is 5.26 Å². The lowest BCUT2D eigenvalue weighted by atomic mass is 10.3. The quantitative estimate of drug-likeness (QED) is 0.726. The lowest BCUT2D eigenvalue weighted by Crippen LogP contribution is -2.14. The molecule has 0 unspecified atom stereocenters. The first kappa shape index (κ1) is 12.4. The molecule has 0 aliphatic carbocycles. The third kappa shape index (κ3) is 4.24. The molecule has 5 nitrogen and oxygen atoms in total. The molecule has 0 aliphatic rings. The summed E-state index contributed by atoms with van der Waals surface area (Å²) in [7, 11) is 4.12. The molecule has 0 aliphatic heterocycles. The van der Waals surface area contributed by atoms with E-state index in [1.54, 1.807) is 6.20 Å². The molecular formula is C11H17N5. The molecule has 5 heteroatoms. The fourth-order valence-electron chi connectivity index (χ4n) is 1.31. The summed E-state index contributed by atoms with van der Waals surface area (Å²) in [5.74, 6) is 0.579. The lowest BCUT2D eigenvalue weighted by molar-refractivity contribution is 0.396. The molecule has 0 fully saturated rings. The maximum Gasteiger partial charge on any atom is 0.182 e. The van der Waals surface area contributed by atoms with Crippen LogP contribution in [0.3, 0.4) is 0 Å². The van der Waals surface area contributed by atoms with Crippen LogP contribution in [0.1, 0.15) is 18.5 Å². The largest absolute Gasteiger partial charge is 0.368 e. The molecular weight excluding hydrogens is 202 g/mol. The van der Waals surface area contributed by atoms with Gasteiger partial charge in [0, 0.05) is 18.9 Å². The molecule has 86 valence electrons. The number of nitrogens with one attached hydrogen (secondary N) is 1. The molecule has 1 rings (SSSR count). The second-order valence-corrected chi connectivity index (χ2v) is 3.80. The molecule has 0 atom stereocenters.